The molecule has 0 aliphatic carbocycles. The third-order valence-corrected chi connectivity index (χ3v) is 0. The number of carboxylic acids is 1. The van der Waals surface area contributed by atoms with Crippen LogP contribution in [0.4, 0.5) is 0 Å². The summed E-state index contributed by atoms with van der Waals surface area (Å²) in [6.45, 7) is 1.08. The van der Waals surface area contributed by atoms with Crippen LogP contribution in [-0.2, 0) is 4.79 Å². The predicted octanol–water partition coefficient (Wildman–Crippen LogP) is -4.08. The SMILES string of the molecule is CC(=O)O.N#C[O-].[Na+]. The molecule has 0 rings (SSSR count). The minimum Gasteiger partial charge on any atom is -0.812 e. The molecule has 0 unspecified atom stereocenters. The van der Waals surface area contributed by atoms with Gasteiger partial charge in [-0.1, -0.05) is 0 Å². The van der Waals surface area contributed by atoms with E-state index >= 15 is 0 Å². The third kappa shape index (κ3) is 2270. The first kappa shape index (κ1) is 15.7. The van der Waals surface area contributed by atoms with Gasteiger partial charge < -0.3 is 10.2 Å². The zero-order valence-electron chi connectivity index (χ0n) is 4.71. The average Bonchev–Trinajstić information content (AvgIpc) is 1.33. The Morgan fingerprint density at radius 2 is 1.88 bits per heavy atom. The van der Waals surface area contributed by atoms with Gasteiger partial charge in [-0.05, 0) is 0 Å². The maximum Gasteiger partial charge on any atom is 1.00 e. The first-order chi connectivity index (χ1) is 3.15. The van der Waals surface area contributed by atoms with Gasteiger partial charge >= 0.3 is 29.6 Å². The molecule has 0 aliphatic rings. The molecule has 40 valence electrons. The smallest absolute Gasteiger partial charge is 0.812 e. The van der Waals surface area contributed by atoms with Crippen LogP contribution in [0.2, 0.25) is 0 Å². The van der Waals surface area contributed by atoms with E-state index in [9.17, 15) is 0 Å². The summed E-state index contributed by atoms with van der Waals surface area (Å²) in [6, 6.07) is 0. The van der Waals surface area contributed by atoms with Gasteiger partial charge in [-0.2, -0.15) is 0 Å². The Morgan fingerprint density at radius 1 is 1.88 bits per heavy atom. The topological polar surface area (TPSA) is 84.1 Å². The molecule has 0 aromatic carbocycles. The summed E-state index contributed by atoms with van der Waals surface area (Å²) in [4.78, 5) is 9.00. The summed E-state index contributed by atoms with van der Waals surface area (Å²) in [6.07, 6.45) is 0.500. The van der Waals surface area contributed by atoms with Crippen LogP contribution in [0.3, 0.4) is 0 Å². The van der Waals surface area contributed by atoms with Crippen LogP contribution < -0.4 is 34.7 Å². The molecular weight excluding hydrogens is 121 g/mol. The fourth-order valence-electron chi connectivity index (χ4n) is 0. The van der Waals surface area contributed by atoms with E-state index in [-0.39, 0.29) is 29.6 Å². The van der Waals surface area contributed by atoms with Crippen LogP contribution in [0, 0.1) is 11.5 Å². The molecule has 0 amide bonds. The minimum absolute atomic E-state index is 0. The predicted molar refractivity (Wildman–Crippen MR) is 18.9 cm³/mol. The maximum atomic E-state index is 9.00. The van der Waals surface area contributed by atoms with E-state index in [0.717, 1.165) is 6.92 Å². The number of hydrogen-bond acceptors (Lipinski definition) is 3. The fraction of sp³-hybridized carbons (Fsp3) is 0.333. The largest absolute Gasteiger partial charge is 1.00 e. The Morgan fingerprint density at radius 3 is 1.88 bits per heavy atom. The summed E-state index contributed by atoms with van der Waals surface area (Å²) in [5, 5.41) is 22.4. The van der Waals surface area contributed by atoms with Crippen molar-refractivity contribution in [2.75, 3.05) is 0 Å². The third-order valence-electron chi connectivity index (χ3n) is 0. The molecule has 0 saturated carbocycles. The summed E-state index contributed by atoms with van der Waals surface area (Å²) in [7, 11) is 0. The van der Waals surface area contributed by atoms with Crippen molar-refractivity contribution in [1.29, 1.82) is 5.26 Å². The van der Waals surface area contributed by atoms with Gasteiger partial charge in [0.15, 0.2) is 0 Å². The zero-order valence-corrected chi connectivity index (χ0v) is 6.71. The van der Waals surface area contributed by atoms with Gasteiger partial charge in [0.1, 0.15) is 0 Å². The number of hydrogen-bond donors (Lipinski definition) is 1. The van der Waals surface area contributed by atoms with Gasteiger partial charge in [0.2, 0.25) is 0 Å². The molecule has 8 heavy (non-hydrogen) atoms. The van der Waals surface area contributed by atoms with Crippen LogP contribution in [0.15, 0.2) is 0 Å². The molecule has 0 heterocycles. The molecule has 5 heteroatoms. The zero-order chi connectivity index (χ0) is 6.28. The Labute approximate surface area is 69.0 Å². The number of carbonyl (C=O) groups is 1. The van der Waals surface area contributed by atoms with Gasteiger partial charge in [-0.3, -0.25) is 4.79 Å². The monoisotopic (exact) mass is 125 g/mol. The molecule has 0 atom stereocenters. The average molecular weight is 125 g/mol. The van der Waals surface area contributed by atoms with Crippen LogP contribution in [0.1, 0.15) is 6.92 Å². The van der Waals surface area contributed by atoms with E-state index in [0.29, 0.717) is 6.26 Å². The molecule has 0 aliphatic heterocycles. The van der Waals surface area contributed by atoms with Crippen LogP contribution in [-0.4, -0.2) is 11.1 Å². The van der Waals surface area contributed by atoms with Crippen molar-refractivity contribution >= 4 is 5.97 Å². The summed E-state index contributed by atoms with van der Waals surface area (Å²) in [5.74, 6) is -0.833. The maximum absolute atomic E-state index is 9.00. The quantitative estimate of drug-likeness (QED) is 0.263. The van der Waals surface area contributed by atoms with Crippen molar-refractivity contribution < 1.29 is 44.6 Å². The Bertz CT molecular complexity index is 83.0. The van der Waals surface area contributed by atoms with Crippen molar-refractivity contribution in [3.05, 3.63) is 0 Å². The van der Waals surface area contributed by atoms with Gasteiger partial charge in [0.25, 0.3) is 5.97 Å². The van der Waals surface area contributed by atoms with E-state index in [2.05, 4.69) is 0 Å². The summed E-state index contributed by atoms with van der Waals surface area (Å²) < 4.78 is 0. The molecular formula is C3H4NNaO3. The summed E-state index contributed by atoms with van der Waals surface area (Å²) >= 11 is 0. The molecule has 0 fully saturated rings. The van der Waals surface area contributed by atoms with Crippen LogP contribution in [0.5, 0.6) is 0 Å². The first-order valence-corrected chi connectivity index (χ1v) is 1.36. The number of carboxylic acid groups (broad SMARTS) is 1. The molecule has 1 N–H and O–H groups in total. The number of aliphatic carboxylic acids is 1. The van der Waals surface area contributed by atoms with E-state index in [1.807, 2.05) is 0 Å². The van der Waals surface area contributed by atoms with E-state index < -0.39 is 5.97 Å². The molecule has 4 nitrogen and oxygen atoms in total. The molecule has 0 aromatic rings. The first-order valence-electron chi connectivity index (χ1n) is 1.36. The second kappa shape index (κ2) is 15.9. The van der Waals surface area contributed by atoms with Crippen molar-refractivity contribution in [2.24, 2.45) is 0 Å². The molecule has 0 saturated heterocycles. The second-order valence-electron chi connectivity index (χ2n) is 0.610. The van der Waals surface area contributed by atoms with Crippen molar-refractivity contribution in [1.82, 2.24) is 0 Å². The number of rotatable bonds is 0. The Kier molecular flexibility index (Phi) is 31.0. The number of nitrogens with zero attached hydrogens (tertiary/aromatic N) is 1. The van der Waals surface area contributed by atoms with Gasteiger partial charge in [-0.25, -0.2) is 5.26 Å². The Balaban J connectivity index is -0.0000000575. The summed E-state index contributed by atoms with van der Waals surface area (Å²) in [5.41, 5.74) is 0. The van der Waals surface area contributed by atoms with E-state index in [1.165, 1.54) is 0 Å². The Hall–Kier alpha value is -0.240. The molecule has 0 bridgehead atoms. The molecule has 0 aromatic heterocycles. The van der Waals surface area contributed by atoms with Crippen molar-refractivity contribution in [2.45, 2.75) is 6.92 Å². The molecule has 0 spiro atoms. The number of nitriles is 1. The van der Waals surface area contributed by atoms with E-state index in [4.69, 9.17) is 20.3 Å². The normalized spacial score (nSPS) is 4.00. The van der Waals surface area contributed by atoms with Crippen molar-refractivity contribution in [3.63, 3.8) is 0 Å². The standard InChI is InChI=1S/C2H4O2.CHNO.Na/c1-2(3)4;2-1-3;/h1H3,(H,3,4);3H;/q;;+1/p-1. The van der Waals surface area contributed by atoms with Crippen LogP contribution in [0.25, 0.3) is 0 Å². The fourth-order valence-corrected chi connectivity index (χ4v) is 0. The second-order valence-corrected chi connectivity index (χ2v) is 0.610. The van der Waals surface area contributed by atoms with Crippen molar-refractivity contribution in [3.8, 4) is 6.26 Å². The van der Waals surface area contributed by atoms with Crippen LogP contribution >= 0.6 is 0 Å². The van der Waals surface area contributed by atoms with Gasteiger partial charge in [0.05, 0.1) is 0 Å². The van der Waals surface area contributed by atoms with Gasteiger partial charge in [-0.15, -0.1) is 0 Å². The minimum atomic E-state index is -0.833. The molecule has 0 radical (unpaired) electrons. The van der Waals surface area contributed by atoms with Gasteiger partial charge in [0, 0.05) is 13.2 Å². The van der Waals surface area contributed by atoms with E-state index in [1.54, 1.807) is 0 Å².